The Morgan fingerprint density at radius 2 is 1.76 bits per heavy atom. The van der Waals surface area contributed by atoms with Crippen molar-refractivity contribution in [2.45, 2.75) is 52.1 Å². The van der Waals surface area contributed by atoms with E-state index in [9.17, 15) is 9.59 Å². The summed E-state index contributed by atoms with van der Waals surface area (Å²) in [6.45, 7) is 5.90. The monoisotopic (exact) mass is 454 g/mol. The summed E-state index contributed by atoms with van der Waals surface area (Å²) in [6, 6.07) is 12.7. The Hall–Kier alpha value is -3.22. The summed E-state index contributed by atoms with van der Waals surface area (Å²) in [5.74, 6) is 1.99. The van der Waals surface area contributed by atoms with Crippen LogP contribution in [0, 0.1) is 0 Å². The van der Waals surface area contributed by atoms with Gasteiger partial charge in [-0.3, -0.25) is 9.59 Å². The molecule has 0 saturated carbocycles. The summed E-state index contributed by atoms with van der Waals surface area (Å²) < 4.78 is 16.4. The van der Waals surface area contributed by atoms with Gasteiger partial charge in [0.1, 0.15) is 25.0 Å². The molecule has 1 heterocycles. The molecule has 1 N–H and O–H groups in total. The molecule has 2 aromatic rings. The number of aryl methyl sites for hydroxylation is 1. The van der Waals surface area contributed by atoms with E-state index in [0.717, 1.165) is 35.5 Å². The predicted octanol–water partition coefficient (Wildman–Crippen LogP) is 3.73. The lowest BCUT2D eigenvalue weighted by Crippen LogP contribution is -2.47. The summed E-state index contributed by atoms with van der Waals surface area (Å²) >= 11 is 0. The van der Waals surface area contributed by atoms with Crippen LogP contribution in [0.4, 0.5) is 0 Å². The van der Waals surface area contributed by atoms with Crippen LogP contribution in [-0.4, -0.2) is 49.6 Å². The largest absolute Gasteiger partial charge is 0.497 e. The molecule has 178 valence electrons. The van der Waals surface area contributed by atoms with Crippen molar-refractivity contribution in [1.29, 1.82) is 0 Å². The van der Waals surface area contributed by atoms with Crippen molar-refractivity contribution in [2.24, 2.45) is 0 Å². The molecule has 0 aromatic heterocycles. The molecule has 3 rings (SSSR count). The lowest BCUT2D eigenvalue weighted by molar-refractivity contribution is -0.140. The van der Waals surface area contributed by atoms with Crippen LogP contribution in [0.1, 0.15) is 44.2 Å². The number of rotatable bonds is 11. The molecule has 1 atom stereocenters. The second-order valence-electron chi connectivity index (χ2n) is 8.17. The minimum absolute atomic E-state index is 0.0705. The first kappa shape index (κ1) is 24.4. The molecule has 0 fully saturated rings. The Labute approximate surface area is 196 Å². The number of unbranched alkanes of at least 4 members (excludes halogenated alkanes) is 1. The highest BCUT2D eigenvalue weighted by molar-refractivity contribution is 5.87. The van der Waals surface area contributed by atoms with E-state index >= 15 is 0 Å². The number of nitrogens with one attached hydrogen (secondary N) is 1. The maximum atomic E-state index is 13.3. The topological polar surface area (TPSA) is 77.1 Å². The lowest BCUT2D eigenvalue weighted by atomic mass is 10.1. The van der Waals surface area contributed by atoms with E-state index in [-0.39, 0.29) is 11.8 Å². The van der Waals surface area contributed by atoms with Crippen LogP contribution in [0.15, 0.2) is 42.5 Å². The fraction of sp³-hybridized carbons (Fsp3) is 0.462. The van der Waals surface area contributed by atoms with E-state index < -0.39 is 6.04 Å². The van der Waals surface area contributed by atoms with Gasteiger partial charge in [-0.15, -0.1) is 0 Å². The number of carbonyl (C=O) groups is 2. The normalized spacial score (nSPS) is 13.2. The molecule has 7 nitrogen and oxygen atoms in total. The first-order valence-electron chi connectivity index (χ1n) is 11.6. The highest BCUT2D eigenvalue weighted by Gasteiger charge is 2.26. The highest BCUT2D eigenvalue weighted by Crippen LogP contribution is 2.31. The van der Waals surface area contributed by atoms with E-state index in [1.54, 1.807) is 18.9 Å². The Morgan fingerprint density at radius 1 is 1.06 bits per heavy atom. The van der Waals surface area contributed by atoms with Gasteiger partial charge >= 0.3 is 0 Å². The molecular formula is C26H34N2O5. The molecule has 0 saturated heterocycles. The van der Waals surface area contributed by atoms with Crippen LogP contribution < -0.4 is 19.5 Å². The molecule has 2 aromatic carbocycles. The van der Waals surface area contributed by atoms with Crippen LogP contribution in [0.5, 0.6) is 17.2 Å². The van der Waals surface area contributed by atoms with E-state index in [1.165, 1.54) is 0 Å². The van der Waals surface area contributed by atoms with E-state index in [1.807, 2.05) is 42.5 Å². The van der Waals surface area contributed by atoms with Crippen molar-refractivity contribution in [2.75, 3.05) is 26.9 Å². The number of nitrogens with zero attached hydrogens (tertiary/aromatic N) is 1. The third kappa shape index (κ3) is 6.88. The summed E-state index contributed by atoms with van der Waals surface area (Å²) in [6.07, 6.45) is 2.76. The van der Waals surface area contributed by atoms with Crippen molar-refractivity contribution < 1.29 is 23.8 Å². The molecule has 0 unspecified atom stereocenters. The number of benzene rings is 2. The average Bonchev–Trinajstić information content (AvgIpc) is 2.85. The molecule has 1 aliphatic heterocycles. The number of amides is 2. The zero-order chi connectivity index (χ0) is 23.6. The third-order valence-electron chi connectivity index (χ3n) is 5.74. The van der Waals surface area contributed by atoms with Gasteiger partial charge in [0, 0.05) is 19.5 Å². The van der Waals surface area contributed by atoms with Gasteiger partial charge in [-0.2, -0.15) is 0 Å². The summed E-state index contributed by atoms with van der Waals surface area (Å²) in [5, 5.41) is 2.95. The first-order valence-corrected chi connectivity index (χ1v) is 11.6. The van der Waals surface area contributed by atoms with Crippen LogP contribution in [0.3, 0.4) is 0 Å². The highest BCUT2D eigenvalue weighted by atomic mass is 16.6. The Balaban J connectivity index is 1.69. The molecule has 33 heavy (non-hydrogen) atoms. The van der Waals surface area contributed by atoms with E-state index in [2.05, 4.69) is 12.2 Å². The molecular weight excluding hydrogens is 420 g/mol. The second-order valence-corrected chi connectivity index (χ2v) is 8.17. The number of hydrogen-bond donors (Lipinski definition) is 1. The molecule has 0 bridgehead atoms. The Bertz CT molecular complexity index is 929. The van der Waals surface area contributed by atoms with Crippen molar-refractivity contribution in [1.82, 2.24) is 10.2 Å². The predicted molar refractivity (Wildman–Crippen MR) is 127 cm³/mol. The number of methoxy groups -OCH3 is 1. The van der Waals surface area contributed by atoms with Crippen LogP contribution in [0.25, 0.3) is 0 Å². The third-order valence-corrected chi connectivity index (χ3v) is 5.74. The van der Waals surface area contributed by atoms with Crippen LogP contribution in [-0.2, 0) is 22.6 Å². The fourth-order valence-electron chi connectivity index (χ4n) is 3.68. The Kier molecular flexibility index (Phi) is 8.98. The molecule has 2 amide bonds. The van der Waals surface area contributed by atoms with Crippen molar-refractivity contribution in [3.63, 3.8) is 0 Å². The van der Waals surface area contributed by atoms with Gasteiger partial charge in [-0.05, 0) is 55.2 Å². The minimum atomic E-state index is -0.572. The SMILES string of the molecule is CCCCNC(=O)[C@H](C)N(Cc1ccc(OC)cc1)C(=O)CCc1ccc2c(c1)OCCO2. The molecule has 0 radical (unpaired) electrons. The van der Waals surface area contributed by atoms with Crippen molar-refractivity contribution in [3.8, 4) is 17.2 Å². The van der Waals surface area contributed by atoms with Gasteiger partial charge in [0.25, 0.3) is 0 Å². The van der Waals surface area contributed by atoms with Gasteiger partial charge in [-0.25, -0.2) is 0 Å². The van der Waals surface area contributed by atoms with Gasteiger partial charge in [0.2, 0.25) is 11.8 Å². The molecule has 7 heteroatoms. The number of ether oxygens (including phenoxy) is 3. The van der Waals surface area contributed by atoms with E-state index in [4.69, 9.17) is 14.2 Å². The number of hydrogen-bond acceptors (Lipinski definition) is 5. The van der Waals surface area contributed by atoms with Crippen LogP contribution in [0.2, 0.25) is 0 Å². The van der Waals surface area contributed by atoms with Gasteiger partial charge in [0.15, 0.2) is 11.5 Å². The number of fused-ring (bicyclic) bond motifs is 1. The lowest BCUT2D eigenvalue weighted by Gasteiger charge is -2.29. The zero-order valence-corrected chi connectivity index (χ0v) is 19.8. The summed E-state index contributed by atoms with van der Waals surface area (Å²) in [7, 11) is 1.62. The first-order chi connectivity index (χ1) is 16.0. The second kappa shape index (κ2) is 12.1. The fourth-order valence-corrected chi connectivity index (χ4v) is 3.68. The quantitative estimate of drug-likeness (QED) is 0.524. The summed E-state index contributed by atoms with van der Waals surface area (Å²) in [4.78, 5) is 27.7. The zero-order valence-electron chi connectivity index (χ0n) is 19.8. The van der Waals surface area contributed by atoms with E-state index in [0.29, 0.717) is 44.9 Å². The standard InChI is InChI=1S/C26H34N2O5/c1-4-5-14-27-26(30)19(2)28(18-21-6-10-22(31-3)11-7-21)25(29)13-9-20-8-12-23-24(17-20)33-16-15-32-23/h6-8,10-12,17,19H,4-5,9,13-16,18H2,1-3H3,(H,27,30)/t19-/m0/s1. The van der Waals surface area contributed by atoms with Crippen molar-refractivity contribution in [3.05, 3.63) is 53.6 Å². The molecule has 0 aliphatic carbocycles. The molecule has 0 spiro atoms. The van der Waals surface area contributed by atoms with Crippen LogP contribution >= 0.6 is 0 Å². The maximum Gasteiger partial charge on any atom is 0.242 e. The smallest absolute Gasteiger partial charge is 0.242 e. The minimum Gasteiger partial charge on any atom is -0.497 e. The summed E-state index contributed by atoms with van der Waals surface area (Å²) in [5.41, 5.74) is 1.94. The van der Waals surface area contributed by atoms with Gasteiger partial charge < -0.3 is 24.4 Å². The molecule has 1 aliphatic rings. The van der Waals surface area contributed by atoms with Gasteiger partial charge in [-0.1, -0.05) is 31.5 Å². The van der Waals surface area contributed by atoms with Crippen molar-refractivity contribution >= 4 is 11.8 Å². The Morgan fingerprint density at radius 3 is 2.45 bits per heavy atom. The maximum absolute atomic E-state index is 13.3. The average molecular weight is 455 g/mol. The number of carbonyl (C=O) groups excluding carboxylic acids is 2. The van der Waals surface area contributed by atoms with Gasteiger partial charge in [0.05, 0.1) is 7.11 Å².